The number of hydrogen-bond donors (Lipinski definition) is 4. The van der Waals surface area contributed by atoms with Gasteiger partial charge in [-0.3, -0.25) is 4.79 Å². The highest BCUT2D eigenvalue weighted by molar-refractivity contribution is 5.86. The molecule has 2 amide bonds. The lowest BCUT2D eigenvalue weighted by molar-refractivity contribution is -0.122. The highest BCUT2D eigenvalue weighted by Crippen LogP contribution is 2.55. The lowest BCUT2D eigenvalue weighted by Gasteiger charge is -2.33. The number of benzene rings is 6. The maximum Gasteiger partial charge on any atom is 0.407 e. The van der Waals surface area contributed by atoms with Gasteiger partial charge in [-0.05, 0) is 130 Å². The number of amides is 2. The molecule has 2 aliphatic carbocycles. The van der Waals surface area contributed by atoms with E-state index in [-0.39, 0.29) is 56.7 Å². The van der Waals surface area contributed by atoms with Crippen LogP contribution in [0.4, 0.5) is 4.79 Å². The smallest absolute Gasteiger partial charge is 0.407 e. The average Bonchev–Trinajstić information content (AvgIpc) is 3.80. The van der Waals surface area contributed by atoms with E-state index in [2.05, 4.69) is 108 Å². The number of unbranched alkanes of at least 4 members (excludes halogenated alkanes) is 1. The summed E-state index contributed by atoms with van der Waals surface area (Å²) in [5, 5.41) is 25.7. The topological polar surface area (TPSA) is 126 Å². The van der Waals surface area contributed by atoms with Crippen molar-refractivity contribution in [1.82, 2.24) is 10.6 Å². The number of aliphatic hydroxyl groups is 2. The zero-order chi connectivity index (χ0) is 44.1. The first-order valence-electron chi connectivity index (χ1n) is 22.7. The quantitative estimate of drug-likeness (QED) is 0.0501. The Morgan fingerprint density at radius 1 is 0.547 bits per heavy atom. The van der Waals surface area contributed by atoms with Gasteiger partial charge in [0, 0.05) is 44.1 Å². The van der Waals surface area contributed by atoms with Gasteiger partial charge >= 0.3 is 6.09 Å². The molecule has 6 aromatic carbocycles. The molecule has 6 aromatic rings. The molecule has 0 spiro atoms. The average molecular weight is 859 g/mol. The fourth-order valence-electron chi connectivity index (χ4n) is 9.53. The summed E-state index contributed by atoms with van der Waals surface area (Å²) in [5.74, 6) is 0.722. The summed E-state index contributed by atoms with van der Waals surface area (Å²) in [4.78, 5) is 24.8. The van der Waals surface area contributed by atoms with Crippen LogP contribution in [-0.4, -0.2) is 74.9 Å². The van der Waals surface area contributed by atoms with E-state index >= 15 is 0 Å². The van der Waals surface area contributed by atoms with Crippen molar-refractivity contribution in [3.63, 3.8) is 0 Å². The molecule has 8 rings (SSSR count). The van der Waals surface area contributed by atoms with Crippen LogP contribution in [-0.2, 0) is 19.7 Å². The van der Waals surface area contributed by atoms with Gasteiger partial charge < -0.3 is 35.1 Å². The van der Waals surface area contributed by atoms with Crippen LogP contribution in [0.2, 0.25) is 0 Å². The zero-order valence-corrected chi connectivity index (χ0v) is 36.4. The summed E-state index contributed by atoms with van der Waals surface area (Å²) in [7, 11) is 0. The van der Waals surface area contributed by atoms with Gasteiger partial charge in [0.05, 0.1) is 19.8 Å². The molecule has 4 N–H and O–H groups in total. The highest BCUT2D eigenvalue weighted by Gasteiger charge is 2.42. The molecule has 0 radical (unpaired) electrons. The van der Waals surface area contributed by atoms with E-state index in [0.717, 1.165) is 42.6 Å². The van der Waals surface area contributed by atoms with E-state index in [1.54, 1.807) is 0 Å². The SMILES string of the molecule is O=C(CCOCCNC(=O)OCC1c2ccccc2-c2ccccc21)NCCCCOc1ccc(-c2ccc3c(c2)C(CCCO)(CCCO)c2cc(-c4ccccc4)ccc2-3)cc1. The molecular weight excluding hydrogens is 801 g/mol. The first kappa shape index (κ1) is 44.4. The van der Waals surface area contributed by atoms with Crippen molar-refractivity contribution in [2.45, 2.75) is 56.3 Å². The Bertz CT molecular complexity index is 2450. The first-order chi connectivity index (χ1) is 31.5. The van der Waals surface area contributed by atoms with Gasteiger partial charge in [0.15, 0.2) is 0 Å². The van der Waals surface area contributed by atoms with Crippen LogP contribution in [0.25, 0.3) is 44.5 Å². The predicted octanol–water partition coefficient (Wildman–Crippen LogP) is 10.1. The van der Waals surface area contributed by atoms with Gasteiger partial charge in [0.25, 0.3) is 0 Å². The van der Waals surface area contributed by atoms with Gasteiger partial charge in [-0.15, -0.1) is 0 Å². The van der Waals surface area contributed by atoms with Crippen molar-refractivity contribution < 1.29 is 34.0 Å². The Kier molecular flexibility index (Phi) is 14.8. The maximum absolute atomic E-state index is 12.4. The number of rotatable bonds is 22. The molecule has 0 unspecified atom stereocenters. The molecular formula is C55H58N2O7. The molecule has 330 valence electrons. The minimum absolute atomic E-state index is 0.00669. The minimum Gasteiger partial charge on any atom is -0.494 e. The Labute approximate surface area is 376 Å². The monoisotopic (exact) mass is 858 g/mol. The number of fused-ring (bicyclic) bond motifs is 6. The van der Waals surface area contributed by atoms with E-state index in [4.69, 9.17) is 14.2 Å². The van der Waals surface area contributed by atoms with Crippen molar-refractivity contribution in [3.8, 4) is 50.3 Å². The van der Waals surface area contributed by atoms with Gasteiger partial charge in [-0.25, -0.2) is 4.79 Å². The molecule has 0 heterocycles. The fourth-order valence-corrected chi connectivity index (χ4v) is 9.53. The second-order valence-corrected chi connectivity index (χ2v) is 16.7. The minimum atomic E-state index is -0.488. The number of carbonyl (C=O) groups excluding carboxylic acids is 2. The largest absolute Gasteiger partial charge is 0.494 e. The zero-order valence-electron chi connectivity index (χ0n) is 36.4. The predicted molar refractivity (Wildman–Crippen MR) is 252 cm³/mol. The number of nitrogens with one attached hydrogen (secondary N) is 2. The number of alkyl carbamates (subject to hydrolysis) is 1. The van der Waals surface area contributed by atoms with Gasteiger partial charge in [0.1, 0.15) is 12.4 Å². The van der Waals surface area contributed by atoms with Crippen LogP contribution in [0.15, 0.2) is 140 Å². The Hall–Kier alpha value is -6.26. The third-order valence-corrected chi connectivity index (χ3v) is 12.7. The van der Waals surface area contributed by atoms with Gasteiger partial charge in [-0.2, -0.15) is 0 Å². The van der Waals surface area contributed by atoms with Crippen LogP contribution in [0, 0.1) is 0 Å². The van der Waals surface area contributed by atoms with Crippen molar-refractivity contribution in [3.05, 3.63) is 162 Å². The molecule has 9 nitrogen and oxygen atoms in total. The van der Waals surface area contributed by atoms with Crippen LogP contribution < -0.4 is 15.4 Å². The first-order valence-corrected chi connectivity index (χ1v) is 22.7. The third-order valence-electron chi connectivity index (χ3n) is 12.7. The fraction of sp³-hybridized carbons (Fsp3) is 0.309. The maximum atomic E-state index is 12.4. The number of carbonyl (C=O) groups is 2. The van der Waals surface area contributed by atoms with E-state index in [0.29, 0.717) is 32.5 Å². The van der Waals surface area contributed by atoms with Crippen LogP contribution >= 0.6 is 0 Å². The Morgan fingerprint density at radius 2 is 1.12 bits per heavy atom. The molecule has 0 aliphatic heterocycles. The van der Waals surface area contributed by atoms with E-state index in [9.17, 15) is 19.8 Å². The number of hydrogen-bond acceptors (Lipinski definition) is 7. The molecule has 0 saturated heterocycles. The van der Waals surface area contributed by atoms with Crippen molar-refractivity contribution in [2.75, 3.05) is 52.7 Å². The molecule has 0 atom stereocenters. The molecule has 0 saturated carbocycles. The summed E-state index contributed by atoms with van der Waals surface area (Å²) in [5.41, 5.74) is 13.9. The van der Waals surface area contributed by atoms with E-state index in [1.165, 1.54) is 55.6 Å². The summed E-state index contributed by atoms with van der Waals surface area (Å²) >= 11 is 0. The molecule has 2 aliphatic rings. The molecule has 9 heteroatoms. The Morgan fingerprint density at radius 3 is 1.75 bits per heavy atom. The number of aliphatic hydroxyl groups excluding tert-OH is 2. The summed E-state index contributed by atoms with van der Waals surface area (Å²) < 4.78 is 17.2. The van der Waals surface area contributed by atoms with Crippen molar-refractivity contribution in [1.29, 1.82) is 0 Å². The summed E-state index contributed by atoms with van der Waals surface area (Å²) in [6, 6.07) is 48.6. The van der Waals surface area contributed by atoms with Gasteiger partial charge in [0.2, 0.25) is 5.91 Å². The van der Waals surface area contributed by atoms with Crippen molar-refractivity contribution in [2.24, 2.45) is 0 Å². The van der Waals surface area contributed by atoms with E-state index in [1.807, 2.05) is 42.5 Å². The van der Waals surface area contributed by atoms with Crippen LogP contribution in [0.5, 0.6) is 5.75 Å². The molecule has 64 heavy (non-hydrogen) atoms. The van der Waals surface area contributed by atoms with E-state index < -0.39 is 6.09 Å². The molecule has 0 fully saturated rings. The summed E-state index contributed by atoms with van der Waals surface area (Å²) in [6.45, 7) is 2.42. The second kappa shape index (κ2) is 21.4. The third kappa shape index (κ3) is 10.1. The van der Waals surface area contributed by atoms with Crippen LogP contribution in [0.3, 0.4) is 0 Å². The van der Waals surface area contributed by atoms with Crippen molar-refractivity contribution >= 4 is 12.0 Å². The normalized spacial score (nSPS) is 13.1. The molecule has 0 bridgehead atoms. The standard InChI is InChI=1S/C55H58N2O7/c58-31-10-27-55(28-11-32-59)51-36-41(39-12-2-1-3-13-39)20-24-48(51)49-25-21-42(37-52(49)55)40-18-22-43(23-19-40)63-33-9-8-29-56-53(60)26-34-62-35-30-57-54(61)64-38-50-46-16-6-4-14-44(46)45-15-5-7-17-47(45)50/h1-7,12-25,36-37,50,58-59H,8-11,26-35,38H2,(H,56,60)(H,57,61). The number of ether oxygens (including phenoxy) is 3. The van der Waals surface area contributed by atoms with Crippen LogP contribution in [0.1, 0.15) is 73.1 Å². The molecule has 0 aromatic heterocycles. The lowest BCUT2D eigenvalue weighted by Crippen LogP contribution is -2.30. The second-order valence-electron chi connectivity index (χ2n) is 16.7. The summed E-state index contributed by atoms with van der Waals surface area (Å²) in [6.07, 6.45) is 4.27. The Balaban J connectivity index is 0.740. The lowest BCUT2D eigenvalue weighted by atomic mass is 9.70. The van der Waals surface area contributed by atoms with Gasteiger partial charge in [-0.1, -0.05) is 115 Å². The highest BCUT2D eigenvalue weighted by atomic mass is 16.5.